The lowest BCUT2D eigenvalue weighted by Crippen LogP contribution is -2.53. The fourth-order valence-electron chi connectivity index (χ4n) is 4.36. The second-order valence-electron chi connectivity index (χ2n) is 7.55. The molecule has 1 atom stereocenters. The molecule has 1 amide bonds. The van der Waals surface area contributed by atoms with Crippen molar-refractivity contribution >= 4 is 27.5 Å². The van der Waals surface area contributed by atoms with E-state index < -0.39 is 6.04 Å². The number of carbonyl (C=O) groups is 1. The molecule has 1 aromatic carbocycles. The van der Waals surface area contributed by atoms with Gasteiger partial charge in [-0.1, -0.05) is 42.9 Å². The number of fused-ring (bicyclic) bond motifs is 1. The lowest BCUT2D eigenvalue weighted by Gasteiger charge is -2.41. The standard InChI is InChI=1S/C20H27N3O2S/c1-15(23-20(25)17-9-5-6-10-18(17)26-23)19(24)22-13-11-21(12-14-22)16-7-3-2-4-8-16/h5-6,9-10,15-16H,2-4,7-8,11-14H2,1H3. The molecule has 1 aliphatic heterocycles. The van der Waals surface area contributed by atoms with Gasteiger partial charge in [0.1, 0.15) is 6.04 Å². The van der Waals surface area contributed by atoms with Gasteiger partial charge in [0.2, 0.25) is 5.91 Å². The summed E-state index contributed by atoms with van der Waals surface area (Å²) >= 11 is 1.39. The zero-order chi connectivity index (χ0) is 18.1. The second kappa shape index (κ2) is 7.53. The molecule has 4 rings (SSSR count). The van der Waals surface area contributed by atoms with Crippen molar-refractivity contribution in [1.82, 2.24) is 13.8 Å². The highest BCUT2D eigenvalue weighted by atomic mass is 32.1. The fourth-order valence-corrected chi connectivity index (χ4v) is 5.40. The molecule has 2 aromatic rings. The Hall–Kier alpha value is -1.66. The third kappa shape index (κ3) is 3.32. The monoisotopic (exact) mass is 373 g/mol. The third-order valence-corrected chi connectivity index (χ3v) is 7.17. The first kappa shape index (κ1) is 17.7. The molecule has 0 spiro atoms. The number of amides is 1. The predicted octanol–water partition coefficient (Wildman–Crippen LogP) is 3.10. The van der Waals surface area contributed by atoms with Crippen molar-refractivity contribution in [3.8, 4) is 0 Å². The summed E-state index contributed by atoms with van der Waals surface area (Å²) in [5.74, 6) is 0.0713. The van der Waals surface area contributed by atoms with Crippen LogP contribution in [0.15, 0.2) is 29.1 Å². The first-order valence-electron chi connectivity index (χ1n) is 9.78. The highest BCUT2D eigenvalue weighted by Crippen LogP contribution is 2.25. The van der Waals surface area contributed by atoms with E-state index in [2.05, 4.69) is 4.90 Å². The van der Waals surface area contributed by atoms with Gasteiger partial charge < -0.3 is 4.90 Å². The number of hydrogen-bond acceptors (Lipinski definition) is 4. The van der Waals surface area contributed by atoms with Crippen molar-refractivity contribution in [2.24, 2.45) is 0 Å². The van der Waals surface area contributed by atoms with Gasteiger partial charge in [-0.25, -0.2) is 0 Å². The average Bonchev–Trinajstić information content (AvgIpc) is 3.04. The highest BCUT2D eigenvalue weighted by molar-refractivity contribution is 7.14. The van der Waals surface area contributed by atoms with E-state index in [-0.39, 0.29) is 11.5 Å². The molecule has 5 nitrogen and oxygen atoms in total. The Bertz CT molecular complexity index is 829. The predicted molar refractivity (Wildman–Crippen MR) is 106 cm³/mol. The van der Waals surface area contributed by atoms with E-state index in [1.54, 1.807) is 3.96 Å². The van der Waals surface area contributed by atoms with Gasteiger partial charge >= 0.3 is 0 Å². The van der Waals surface area contributed by atoms with E-state index in [4.69, 9.17) is 0 Å². The number of nitrogens with zero attached hydrogens (tertiary/aromatic N) is 3. The van der Waals surface area contributed by atoms with Crippen molar-refractivity contribution < 1.29 is 4.79 Å². The smallest absolute Gasteiger partial charge is 0.269 e. The summed E-state index contributed by atoms with van der Waals surface area (Å²) in [7, 11) is 0. The minimum absolute atomic E-state index is 0.0488. The van der Waals surface area contributed by atoms with Gasteiger partial charge in [-0.05, 0) is 31.9 Å². The van der Waals surface area contributed by atoms with Crippen LogP contribution in [0.2, 0.25) is 0 Å². The average molecular weight is 374 g/mol. The summed E-state index contributed by atoms with van der Waals surface area (Å²) in [6.07, 6.45) is 6.67. The van der Waals surface area contributed by atoms with Crippen LogP contribution in [0.5, 0.6) is 0 Å². The van der Waals surface area contributed by atoms with E-state index in [9.17, 15) is 9.59 Å². The normalized spacial score (nSPS) is 21.2. The highest BCUT2D eigenvalue weighted by Gasteiger charge is 2.30. The van der Waals surface area contributed by atoms with Gasteiger partial charge in [0.25, 0.3) is 5.56 Å². The van der Waals surface area contributed by atoms with Crippen LogP contribution < -0.4 is 5.56 Å². The molecule has 26 heavy (non-hydrogen) atoms. The lowest BCUT2D eigenvalue weighted by molar-refractivity contribution is -0.136. The van der Waals surface area contributed by atoms with Gasteiger partial charge in [-0.2, -0.15) is 0 Å². The largest absolute Gasteiger partial charge is 0.338 e. The Balaban J connectivity index is 1.42. The Kier molecular flexibility index (Phi) is 5.14. The molecule has 0 bridgehead atoms. The zero-order valence-electron chi connectivity index (χ0n) is 15.4. The van der Waals surface area contributed by atoms with E-state index in [1.165, 1.54) is 43.6 Å². The van der Waals surface area contributed by atoms with E-state index in [0.717, 1.165) is 30.9 Å². The number of carbonyl (C=O) groups excluding carboxylic acids is 1. The van der Waals surface area contributed by atoms with E-state index in [1.807, 2.05) is 36.1 Å². The maximum atomic E-state index is 13.0. The topological polar surface area (TPSA) is 45.6 Å². The Morgan fingerprint density at radius 1 is 1.08 bits per heavy atom. The quantitative estimate of drug-likeness (QED) is 0.830. The fraction of sp³-hybridized carbons (Fsp3) is 0.600. The van der Waals surface area contributed by atoms with Gasteiger partial charge in [0.05, 0.1) is 10.1 Å². The number of hydrogen-bond donors (Lipinski definition) is 0. The molecule has 0 radical (unpaired) electrons. The molecule has 2 fully saturated rings. The summed E-state index contributed by atoms with van der Waals surface area (Å²) in [6, 6.07) is 7.87. The van der Waals surface area contributed by atoms with Crippen molar-refractivity contribution in [2.45, 2.75) is 51.1 Å². The van der Waals surface area contributed by atoms with Gasteiger partial charge in [-0.15, -0.1) is 0 Å². The van der Waals surface area contributed by atoms with Crippen LogP contribution in [0.25, 0.3) is 10.1 Å². The molecule has 1 aliphatic carbocycles. The van der Waals surface area contributed by atoms with Crippen LogP contribution >= 0.6 is 11.5 Å². The Labute approximate surface area is 158 Å². The van der Waals surface area contributed by atoms with Crippen molar-refractivity contribution in [3.63, 3.8) is 0 Å². The summed E-state index contributed by atoms with van der Waals surface area (Å²) in [5, 5.41) is 0.708. The molecular formula is C20H27N3O2S. The molecular weight excluding hydrogens is 346 g/mol. The molecule has 140 valence electrons. The van der Waals surface area contributed by atoms with Crippen LogP contribution in [-0.2, 0) is 4.79 Å². The molecule has 1 saturated carbocycles. The molecule has 1 aromatic heterocycles. The number of rotatable bonds is 3. The van der Waals surface area contributed by atoms with Crippen LogP contribution in [0, 0.1) is 0 Å². The maximum absolute atomic E-state index is 13.0. The number of benzene rings is 1. The molecule has 1 saturated heterocycles. The van der Waals surface area contributed by atoms with Crippen molar-refractivity contribution in [3.05, 3.63) is 34.6 Å². The lowest BCUT2D eigenvalue weighted by atomic mass is 9.94. The molecule has 0 N–H and O–H groups in total. The third-order valence-electron chi connectivity index (χ3n) is 5.94. The minimum Gasteiger partial charge on any atom is -0.338 e. The molecule has 6 heteroatoms. The molecule has 1 unspecified atom stereocenters. The first-order valence-corrected chi connectivity index (χ1v) is 10.6. The minimum atomic E-state index is -0.430. The van der Waals surface area contributed by atoms with Gasteiger partial charge in [0.15, 0.2) is 0 Å². The Morgan fingerprint density at radius 3 is 2.46 bits per heavy atom. The Morgan fingerprint density at radius 2 is 1.77 bits per heavy atom. The van der Waals surface area contributed by atoms with Crippen LogP contribution in [0.3, 0.4) is 0 Å². The van der Waals surface area contributed by atoms with Crippen LogP contribution in [-0.4, -0.2) is 51.9 Å². The van der Waals surface area contributed by atoms with Crippen molar-refractivity contribution in [1.29, 1.82) is 0 Å². The molecule has 2 aliphatic rings. The SMILES string of the molecule is CC(C(=O)N1CCN(C2CCCCC2)CC1)n1sc2ccccc2c1=O. The number of aromatic nitrogens is 1. The van der Waals surface area contributed by atoms with E-state index in [0.29, 0.717) is 11.4 Å². The maximum Gasteiger partial charge on any atom is 0.269 e. The van der Waals surface area contributed by atoms with Gasteiger partial charge in [-0.3, -0.25) is 18.4 Å². The van der Waals surface area contributed by atoms with E-state index >= 15 is 0 Å². The summed E-state index contributed by atoms with van der Waals surface area (Å²) < 4.78 is 2.58. The summed E-state index contributed by atoms with van der Waals surface area (Å²) in [6.45, 7) is 5.33. The zero-order valence-corrected chi connectivity index (χ0v) is 16.2. The van der Waals surface area contributed by atoms with Crippen molar-refractivity contribution in [2.75, 3.05) is 26.2 Å². The summed E-state index contributed by atoms with van der Waals surface area (Å²) in [4.78, 5) is 30.1. The number of piperazine rings is 1. The van der Waals surface area contributed by atoms with Crippen LogP contribution in [0.1, 0.15) is 45.1 Å². The first-order chi connectivity index (χ1) is 12.6. The second-order valence-corrected chi connectivity index (χ2v) is 8.56. The van der Waals surface area contributed by atoms with Gasteiger partial charge in [0, 0.05) is 32.2 Å². The molecule has 2 heterocycles. The summed E-state index contributed by atoms with van der Waals surface area (Å²) in [5.41, 5.74) is -0.0488. The van der Waals surface area contributed by atoms with Crippen LogP contribution in [0.4, 0.5) is 0 Å².